The van der Waals surface area contributed by atoms with Gasteiger partial charge in [0, 0.05) is 13.1 Å². The highest BCUT2D eigenvalue weighted by Crippen LogP contribution is 2.33. The summed E-state index contributed by atoms with van der Waals surface area (Å²) in [7, 11) is 0. The van der Waals surface area contributed by atoms with Crippen LogP contribution in [0.15, 0.2) is 0 Å². The first kappa shape index (κ1) is 9.47. The Bertz CT molecular complexity index is 177. The molecule has 1 saturated heterocycles. The molecule has 0 radical (unpaired) electrons. The summed E-state index contributed by atoms with van der Waals surface area (Å²) in [5.74, 6) is 0.831. The highest BCUT2D eigenvalue weighted by Gasteiger charge is 2.36. The van der Waals surface area contributed by atoms with Crippen molar-refractivity contribution in [3.05, 3.63) is 0 Å². The van der Waals surface area contributed by atoms with E-state index in [0.29, 0.717) is 0 Å². The third kappa shape index (κ3) is 2.23. The van der Waals surface area contributed by atoms with Gasteiger partial charge in [-0.1, -0.05) is 6.92 Å². The normalized spacial score (nSPS) is 34.2. The lowest BCUT2D eigenvalue weighted by atomic mass is 9.79. The Morgan fingerprint density at radius 3 is 2.69 bits per heavy atom. The number of likely N-dealkylation sites (tertiary alicyclic amines) is 1. The number of rotatable bonds is 2. The first-order valence-corrected chi connectivity index (χ1v) is 5.63. The lowest BCUT2D eigenvalue weighted by Crippen LogP contribution is -2.50. The Morgan fingerprint density at radius 1 is 1.38 bits per heavy atom. The smallest absolute Gasteiger partial charge is 0.0774 e. The average molecular weight is 183 g/mol. The molecule has 1 unspecified atom stereocenters. The second-order valence-corrected chi connectivity index (χ2v) is 5.06. The minimum absolute atomic E-state index is 0.308. The van der Waals surface area contributed by atoms with Crippen molar-refractivity contribution in [3.8, 4) is 0 Å². The number of β-amino-alcohol motifs (C(OH)–C–C–N with tert-alkyl or cyclic N) is 1. The van der Waals surface area contributed by atoms with Crippen LogP contribution >= 0.6 is 0 Å². The van der Waals surface area contributed by atoms with E-state index in [9.17, 15) is 5.11 Å². The fraction of sp³-hybridized carbons (Fsp3) is 1.00. The van der Waals surface area contributed by atoms with Crippen LogP contribution in [-0.4, -0.2) is 35.2 Å². The zero-order valence-corrected chi connectivity index (χ0v) is 8.63. The van der Waals surface area contributed by atoms with Crippen LogP contribution in [-0.2, 0) is 0 Å². The third-order valence-electron chi connectivity index (χ3n) is 3.54. The Labute approximate surface area is 80.9 Å². The van der Waals surface area contributed by atoms with E-state index >= 15 is 0 Å². The second kappa shape index (κ2) is 3.58. The topological polar surface area (TPSA) is 23.5 Å². The molecule has 0 aromatic rings. The van der Waals surface area contributed by atoms with E-state index in [2.05, 4.69) is 11.8 Å². The monoisotopic (exact) mass is 183 g/mol. The molecule has 13 heavy (non-hydrogen) atoms. The van der Waals surface area contributed by atoms with Gasteiger partial charge in [-0.2, -0.15) is 0 Å². The lowest BCUT2D eigenvalue weighted by Gasteiger charge is -2.42. The molecule has 1 aliphatic heterocycles. The molecule has 1 saturated carbocycles. The van der Waals surface area contributed by atoms with E-state index in [1.807, 2.05) is 0 Å². The number of hydrogen-bond donors (Lipinski definition) is 1. The molecular weight excluding hydrogens is 162 g/mol. The molecule has 2 rings (SSSR count). The van der Waals surface area contributed by atoms with Gasteiger partial charge in [0.05, 0.1) is 5.60 Å². The van der Waals surface area contributed by atoms with Gasteiger partial charge in [0.1, 0.15) is 0 Å². The SMILES string of the molecule is CC1CCCN(CC2(O)CCC2)C1. The number of hydrogen-bond acceptors (Lipinski definition) is 2. The summed E-state index contributed by atoms with van der Waals surface area (Å²) in [5.41, 5.74) is -0.308. The van der Waals surface area contributed by atoms with Crippen molar-refractivity contribution in [2.45, 2.75) is 44.6 Å². The van der Waals surface area contributed by atoms with Crippen LogP contribution in [0.3, 0.4) is 0 Å². The number of piperidine rings is 1. The molecule has 1 heterocycles. The molecule has 2 fully saturated rings. The Morgan fingerprint density at radius 2 is 2.15 bits per heavy atom. The summed E-state index contributed by atoms with van der Waals surface area (Å²) >= 11 is 0. The predicted octanol–water partition coefficient (Wildman–Crippen LogP) is 1.63. The van der Waals surface area contributed by atoms with E-state index in [0.717, 1.165) is 25.3 Å². The molecule has 1 aliphatic carbocycles. The Kier molecular flexibility index (Phi) is 2.61. The molecule has 2 heteroatoms. The molecule has 76 valence electrons. The fourth-order valence-corrected chi connectivity index (χ4v) is 2.59. The van der Waals surface area contributed by atoms with Crippen molar-refractivity contribution in [2.24, 2.45) is 5.92 Å². The highest BCUT2D eigenvalue weighted by atomic mass is 16.3. The first-order chi connectivity index (χ1) is 6.18. The number of nitrogens with zero attached hydrogens (tertiary/aromatic N) is 1. The van der Waals surface area contributed by atoms with Crippen molar-refractivity contribution < 1.29 is 5.11 Å². The van der Waals surface area contributed by atoms with Gasteiger partial charge in [0.15, 0.2) is 0 Å². The van der Waals surface area contributed by atoms with Crippen molar-refractivity contribution in [1.82, 2.24) is 4.90 Å². The standard InChI is InChI=1S/C11H21NO/c1-10-4-2-7-12(8-10)9-11(13)5-3-6-11/h10,13H,2-9H2,1H3. The van der Waals surface area contributed by atoms with Crippen molar-refractivity contribution in [1.29, 1.82) is 0 Å². The minimum atomic E-state index is -0.308. The molecule has 1 N–H and O–H groups in total. The summed E-state index contributed by atoms with van der Waals surface area (Å²) in [6, 6.07) is 0. The molecule has 0 aromatic heterocycles. The predicted molar refractivity (Wildman–Crippen MR) is 53.6 cm³/mol. The zero-order valence-electron chi connectivity index (χ0n) is 8.63. The van der Waals surface area contributed by atoms with Crippen molar-refractivity contribution in [3.63, 3.8) is 0 Å². The molecule has 0 aromatic carbocycles. The van der Waals surface area contributed by atoms with Gasteiger partial charge in [-0.25, -0.2) is 0 Å². The van der Waals surface area contributed by atoms with Gasteiger partial charge in [0.25, 0.3) is 0 Å². The van der Waals surface area contributed by atoms with Gasteiger partial charge in [-0.05, 0) is 44.6 Å². The molecular formula is C11H21NO. The van der Waals surface area contributed by atoms with Crippen LogP contribution in [0.25, 0.3) is 0 Å². The maximum atomic E-state index is 10.0. The van der Waals surface area contributed by atoms with E-state index in [1.54, 1.807) is 0 Å². The largest absolute Gasteiger partial charge is 0.389 e. The molecule has 2 nitrogen and oxygen atoms in total. The van der Waals surface area contributed by atoms with Crippen molar-refractivity contribution in [2.75, 3.05) is 19.6 Å². The minimum Gasteiger partial charge on any atom is -0.389 e. The Balaban J connectivity index is 1.80. The third-order valence-corrected chi connectivity index (χ3v) is 3.54. The van der Waals surface area contributed by atoms with E-state index in [-0.39, 0.29) is 5.60 Å². The van der Waals surface area contributed by atoms with Crippen molar-refractivity contribution >= 4 is 0 Å². The zero-order chi connectivity index (χ0) is 9.31. The summed E-state index contributed by atoms with van der Waals surface area (Å²) in [4.78, 5) is 2.45. The molecule has 2 aliphatic rings. The lowest BCUT2D eigenvalue weighted by molar-refractivity contribution is -0.0644. The van der Waals surface area contributed by atoms with Gasteiger partial charge in [0.2, 0.25) is 0 Å². The van der Waals surface area contributed by atoms with Gasteiger partial charge >= 0.3 is 0 Å². The summed E-state index contributed by atoms with van der Waals surface area (Å²) in [6.45, 7) is 5.64. The van der Waals surface area contributed by atoms with Crippen LogP contribution in [0.4, 0.5) is 0 Å². The summed E-state index contributed by atoms with van der Waals surface area (Å²) in [5, 5.41) is 10.0. The summed E-state index contributed by atoms with van der Waals surface area (Å²) in [6.07, 6.45) is 5.96. The quantitative estimate of drug-likeness (QED) is 0.703. The van der Waals surface area contributed by atoms with Crippen LogP contribution < -0.4 is 0 Å². The molecule has 0 bridgehead atoms. The van der Waals surface area contributed by atoms with E-state index in [1.165, 1.54) is 32.4 Å². The fourth-order valence-electron chi connectivity index (χ4n) is 2.59. The number of aliphatic hydroxyl groups is 1. The Hall–Kier alpha value is -0.0800. The summed E-state index contributed by atoms with van der Waals surface area (Å²) < 4.78 is 0. The highest BCUT2D eigenvalue weighted by molar-refractivity contribution is 4.91. The van der Waals surface area contributed by atoms with E-state index < -0.39 is 0 Å². The second-order valence-electron chi connectivity index (χ2n) is 5.06. The van der Waals surface area contributed by atoms with Gasteiger partial charge in [-0.3, -0.25) is 0 Å². The molecule has 1 atom stereocenters. The van der Waals surface area contributed by atoms with Gasteiger partial charge in [-0.15, -0.1) is 0 Å². The van der Waals surface area contributed by atoms with Crippen LogP contribution in [0.2, 0.25) is 0 Å². The van der Waals surface area contributed by atoms with Crippen LogP contribution in [0.1, 0.15) is 39.0 Å². The van der Waals surface area contributed by atoms with E-state index in [4.69, 9.17) is 0 Å². The molecule has 0 amide bonds. The average Bonchev–Trinajstić information content (AvgIpc) is 2.01. The molecule has 0 spiro atoms. The maximum absolute atomic E-state index is 10.0. The van der Waals surface area contributed by atoms with Crippen LogP contribution in [0, 0.1) is 5.92 Å². The van der Waals surface area contributed by atoms with Gasteiger partial charge < -0.3 is 10.0 Å². The van der Waals surface area contributed by atoms with Crippen LogP contribution in [0.5, 0.6) is 0 Å². The first-order valence-electron chi connectivity index (χ1n) is 5.63. The maximum Gasteiger partial charge on any atom is 0.0774 e.